The minimum atomic E-state index is 0.529. The second-order valence-electron chi connectivity index (χ2n) is 17.1. The molecule has 0 atom stereocenters. The molecule has 0 bridgehead atoms. The molecule has 0 N–H and O–H groups in total. The van der Waals surface area contributed by atoms with Crippen LogP contribution in [0.1, 0.15) is 13.8 Å². The molecule has 326 valence electrons. The Labute approximate surface area is 397 Å². The van der Waals surface area contributed by atoms with Gasteiger partial charge in [0.15, 0.2) is 11.6 Å². The molecule has 0 saturated carbocycles. The maximum atomic E-state index is 6.37. The van der Waals surface area contributed by atoms with E-state index in [0.29, 0.717) is 17.6 Å². The SMILES string of the molecule is CC.c1ccc(-c2nc(-c3ccc4c(c3)oc3ccccc34)nc(-n3c4ccc5ccccc5c4c4cccc(-c5cccc(-c6cccc(-c7ccc8c(c7)oc7ccccc78)c6)c5)c43)n2)cc1. The molecule has 0 amide bonds. The van der Waals surface area contributed by atoms with Crippen molar-refractivity contribution in [2.45, 2.75) is 13.8 Å². The van der Waals surface area contributed by atoms with Crippen LogP contribution < -0.4 is 0 Å². The van der Waals surface area contributed by atoms with Crippen LogP contribution >= 0.6 is 0 Å². The minimum Gasteiger partial charge on any atom is -0.456 e. The molecular weight excluding hydrogens is 845 g/mol. The van der Waals surface area contributed by atoms with Crippen LogP contribution in [0, 0.1) is 0 Å². The summed E-state index contributed by atoms with van der Waals surface area (Å²) in [5.41, 5.74) is 13.8. The molecule has 0 spiro atoms. The fourth-order valence-corrected chi connectivity index (χ4v) is 10.1. The fourth-order valence-electron chi connectivity index (χ4n) is 10.1. The van der Waals surface area contributed by atoms with Crippen LogP contribution in [-0.4, -0.2) is 19.5 Å². The van der Waals surface area contributed by atoms with E-state index < -0.39 is 0 Å². The van der Waals surface area contributed by atoms with Crippen molar-refractivity contribution in [3.05, 3.63) is 218 Å². The summed E-state index contributed by atoms with van der Waals surface area (Å²) < 4.78 is 14.9. The van der Waals surface area contributed by atoms with Gasteiger partial charge in [-0.25, -0.2) is 4.98 Å². The van der Waals surface area contributed by atoms with Crippen LogP contribution in [0.25, 0.3) is 139 Å². The lowest BCUT2D eigenvalue weighted by molar-refractivity contribution is 0.668. The summed E-state index contributed by atoms with van der Waals surface area (Å²) in [6.07, 6.45) is 0. The molecule has 0 unspecified atom stereocenters. The Bertz CT molecular complexity index is 4290. The molecule has 6 heteroatoms. The fraction of sp³-hybridized carbons (Fsp3) is 0.0317. The van der Waals surface area contributed by atoms with Crippen LogP contribution in [0.3, 0.4) is 0 Å². The van der Waals surface area contributed by atoms with Crippen LogP contribution in [-0.2, 0) is 0 Å². The van der Waals surface area contributed by atoms with Crippen molar-refractivity contribution in [2.24, 2.45) is 0 Å². The third-order valence-corrected chi connectivity index (χ3v) is 13.3. The minimum absolute atomic E-state index is 0.529. The van der Waals surface area contributed by atoms with E-state index in [1.807, 2.05) is 80.6 Å². The van der Waals surface area contributed by atoms with Gasteiger partial charge in [0.2, 0.25) is 5.95 Å². The third-order valence-electron chi connectivity index (χ3n) is 13.3. The van der Waals surface area contributed by atoms with Crippen molar-refractivity contribution in [1.82, 2.24) is 19.5 Å². The van der Waals surface area contributed by atoms with Crippen molar-refractivity contribution < 1.29 is 8.83 Å². The van der Waals surface area contributed by atoms with Crippen molar-refractivity contribution in [1.29, 1.82) is 0 Å². The van der Waals surface area contributed by atoms with Crippen LogP contribution in [0.2, 0.25) is 0 Å². The number of hydrogen-bond acceptors (Lipinski definition) is 5. The lowest BCUT2D eigenvalue weighted by atomic mass is 9.95. The Balaban J connectivity index is 0.00000232. The second-order valence-corrected chi connectivity index (χ2v) is 17.1. The number of furan rings is 2. The van der Waals surface area contributed by atoms with Crippen LogP contribution in [0.4, 0.5) is 0 Å². The molecule has 14 aromatic rings. The number of rotatable bonds is 6. The summed E-state index contributed by atoms with van der Waals surface area (Å²) >= 11 is 0. The van der Waals surface area contributed by atoms with E-state index in [2.05, 4.69) is 156 Å². The normalized spacial score (nSPS) is 11.6. The predicted octanol–water partition coefficient (Wildman–Crippen LogP) is 17.3. The first-order valence-electron chi connectivity index (χ1n) is 23.5. The highest BCUT2D eigenvalue weighted by atomic mass is 16.3. The molecule has 4 aromatic heterocycles. The van der Waals surface area contributed by atoms with Gasteiger partial charge in [0.25, 0.3) is 0 Å². The third kappa shape index (κ3) is 6.68. The molecule has 0 radical (unpaired) electrons. The molecule has 69 heavy (non-hydrogen) atoms. The average Bonchev–Trinajstić information content (AvgIpc) is 4.11. The van der Waals surface area contributed by atoms with Gasteiger partial charge in [0.05, 0.1) is 11.0 Å². The Morgan fingerprint density at radius 1 is 0.333 bits per heavy atom. The highest BCUT2D eigenvalue weighted by molar-refractivity contribution is 6.23. The number of fused-ring (bicyclic) bond motifs is 11. The van der Waals surface area contributed by atoms with Gasteiger partial charge in [0, 0.05) is 49.0 Å². The van der Waals surface area contributed by atoms with Crippen molar-refractivity contribution in [2.75, 3.05) is 0 Å². The number of para-hydroxylation sites is 3. The molecular formula is C63H42N4O2. The highest BCUT2D eigenvalue weighted by Gasteiger charge is 2.23. The summed E-state index contributed by atoms with van der Waals surface area (Å²) in [6, 6.07) is 76.5. The zero-order chi connectivity index (χ0) is 46.0. The molecule has 0 aliphatic rings. The summed E-state index contributed by atoms with van der Waals surface area (Å²) in [7, 11) is 0. The average molecular weight is 887 g/mol. The summed E-state index contributed by atoms with van der Waals surface area (Å²) in [5.74, 6) is 1.67. The topological polar surface area (TPSA) is 69.9 Å². The first-order chi connectivity index (χ1) is 34.2. The van der Waals surface area contributed by atoms with Gasteiger partial charge in [-0.05, 0) is 93.2 Å². The molecule has 4 heterocycles. The van der Waals surface area contributed by atoms with Gasteiger partial charge >= 0.3 is 0 Å². The highest BCUT2D eigenvalue weighted by Crippen LogP contribution is 2.42. The summed E-state index contributed by atoms with van der Waals surface area (Å²) in [6.45, 7) is 4.00. The van der Waals surface area contributed by atoms with Gasteiger partial charge in [-0.1, -0.05) is 178 Å². The Kier molecular flexibility index (Phi) is 9.51. The Morgan fingerprint density at radius 2 is 0.826 bits per heavy atom. The molecule has 10 aromatic carbocycles. The number of aromatic nitrogens is 4. The Hall–Kier alpha value is -9.13. The molecule has 14 rings (SSSR count). The molecule has 0 saturated heterocycles. The number of hydrogen-bond donors (Lipinski definition) is 0. The molecule has 0 fully saturated rings. The van der Waals surface area contributed by atoms with Gasteiger partial charge in [-0.15, -0.1) is 0 Å². The van der Waals surface area contributed by atoms with E-state index in [1.165, 1.54) is 10.8 Å². The lowest BCUT2D eigenvalue weighted by Gasteiger charge is -2.14. The quantitative estimate of drug-likeness (QED) is 0.166. The van der Waals surface area contributed by atoms with E-state index in [9.17, 15) is 0 Å². The standard InChI is InChI=1S/C61H36N4O2.C2H6/c1-2-14-38(15-3-1)59-62-60(44-28-31-50-48-22-7-9-26-54(48)67-56(50)36-44)64-61(63-59)65-52-32-29-37-13-4-5-20-45(37)57(52)51-24-12-23-46(58(51)65)43-19-11-18-41(34-43)39-16-10-17-40(33-39)42-27-30-49-47-21-6-8-25-53(47)66-55(49)35-42;1-2/h1-36H;1-2H3. The Morgan fingerprint density at radius 3 is 1.52 bits per heavy atom. The number of nitrogens with zero attached hydrogens (tertiary/aromatic N) is 4. The van der Waals surface area contributed by atoms with Crippen molar-refractivity contribution >= 4 is 76.5 Å². The summed E-state index contributed by atoms with van der Waals surface area (Å²) in [4.78, 5) is 15.9. The molecule has 6 nitrogen and oxygen atoms in total. The van der Waals surface area contributed by atoms with Crippen LogP contribution in [0.15, 0.2) is 227 Å². The van der Waals surface area contributed by atoms with Gasteiger partial charge in [-0.3, -0.25) is 4.57 Å². The molecule has 0 aliphatic carbocycles. The van der Waals surface area contributed by atoms with E-state index in [4.69, 9.17) is 23.8 Å². The van der Waals surface area contributed by atoms with Crippen LogP contribution in [0.5, 0.6) is 0 Å². The van der Waals surface area contributed by atoms with Crippen molar-refractivity contribution in [3.63, 3.8) is 0 Å². The first-order valence-corrected chi connectivity index (χ1v) is 23.5. The monoisotopic (exact) mass is 886 g/mol. The van der Waals surface area contributed by atoms with E-state index >= 15 is 0 Å². The van der Waals surface area contributed by atoms with Gasteiger partial charge in [0.1, 0.15) is 22.3 Å². The second kappa shape index (κ2) is 16.3. The van der Waals surface area contributed by atoms with Gasteiger partial charge < -0.3 is 8.83 Å². The zero-order valence-electron chi connectivity index (χ0n) is 37.9. The van der Waals surface area contributed by atoms with E-state index in [1.54, 1.807) is 0 Å². The maximum Gasteiger partial charge on any atom is 0.238 e. The smallest absolute Gasteiger partial charge is 0.238 e. The lowest BCUT2D eigenvalue weighted by Crippen LogP contribution is -2.07. The van der Waals surface area contributed by atoms with E-state index in [0.717, 1.165) is 110 Å². The van der Waals surface area contributed by atoms with Gasteiger partial charge in [-0.2, -0.15) is 9.97 Å². The summed E-state index contributed by atoms with van der Waals surface area (Å²) in [5, 5.41) is 8.97. The zero-order valence-corrected chi connectivity index (χ0v) is 37.9. The van der Waals surface area contributed by atoms with E-state index in [-0.39, 0.29) is 0 Å². The number of benzene rings is 10. The molecule has 0 aliphatic heterocycles. The maximum absolute atomic E-state index is 6.37. The largest absolute Gasteiger partial charge is 0.456 e. The predicted molar refractivity (Wildman–Crippen MR) is 285 cm³/mol. The van der Waals surface area contributed by atoms with Crippen molar-refractivity contribution in [3.8, 4) is 62.1 Å². The first kappa shape index (κ1) is 40.2.